The first-order valence-electron chi connectivity index (χ1n) is 12.8. The van der Waals surface area contributed by atoms with Gasteiger partial charge in [0, 0.05) is 37.1 Å². The van der Waals surface area contributed by atoms with Gasteiger partial charge in [-0.15, -0.1) is 0 Å². The highest BCUT2D eigenvalue weighted by molar-refractivity contribution is 7.90. The van der Waals surface area contributed by atoms with E-state index in [2.05, 4.69) is 28.9 Å². The molecular weight excluding hydrogens is 581 g/mol. The van der Waals surface area contributed by atoms with Crippen LogP contribution in [0, 0.1) is 0 Å². The highest BCUT2D eigenvalue weighted by Gasteiger charge is 2.36. The van der Waals surface area contributed by atoms with Crippen molar-refractivity contribution >= 4 is 44.9 Å². The van der Waals surface area contributed by atoms with E-state index in [1.165, 1.54) is 25.6 Å². The zero-order chi connectivity index (χ0) is 29.7. The average molecular weight is 611 g/mol. The molecule has 41 heavy (non-hydrogen) atoms. The van der Waals surface area contributed by atoms with E-state index in [0.717, 1.165) is 47.7 Å². The Morgan fingerprint density at radius 1 is 1.07 bits per heavy atom. The quantitative estimate of drug-likeness (QED) is 0.430. The molecule has 2 aliphatic rings. The van der Waals surface area contributed by atoms with Crippen molar-refractivity contribution in [3.63, 3.8) is 0 Å². The molecule has 0 spiro atoms. The summed E-state index contributed by atoms with van der Waals surface area (Å²) in [5.74, 6) is 0.513. The molecule has 3 heterocycles. The van der Waals surface area contributed by atoms with E-state index in [9.17, 15) is 21.6 Å². The molecule has 2 aromatic carbocycles. The van der Waals surface area contributed by atoms with Gasteiger partial charge in [0.1, 0.15) is 5.75 Å². The molecule has 2 N–H and O–H groups in total. The maximum atomic E-state index is 13.5. The zero-order valence-corrected chi connectivity index (χ0v) is 24.2. The summed E-state index contributed by atoms with van der Waals surface area (Å²) in [6, 6.07) is 10.2. The number of nitrogens with two attached hydrogens (primary N) is 1. The van der Waals surface area contributed by atoms with Gasteiger partial charge in [0.15, 0.2) is 6.29 Å². The van der Waals surface area contributed by atoms with Crippen LogP contribution in [-0.4, -0.2) is 70.1 Å². The van der Waals surface area contributed by atoms with Gasteiger partial charge in [0.2, 0.25) is 0 Å². The number of halogens is 4. The number of methoxy groups -OCH3 is 1. The summed E-state index contributed by atoms with van der Waals surface area (Å²) in [6.07, 6.45) is -1.10. The van der Waals surface area contributed by atoms with Crippen LogP contribution in [0.15, 0.2) is 58.5 Å². The van der Waals surface area contributed by atoms with Gasteiger partial charge in [0.05, 0.1) is 45.9 Å². The number of hydrogen-bond donors (Lipinski definition) is 1. The Morgan fingerprint density at radius 3 is 2.41 bits per heavy atom. The Kier molecular flexibility index (Phi) is 7.74. The number of nitrogens with zero attached hydrogens (tertiary/aromatic N) is 5. The molecule has 1 aromatic heterocycles. The van der Waals surface area contributed by atoms with E-state index in [-0.39, 0.29) is 5.69 Å². The van der Waals surface area contributed by atoms with Crippen molar-refractivity contribution in [3.05, 3.63) is 64.9 Å². The molecule has 220 valence electrons. The highest BCUT2D eigenvalue weighted by atomic mass is 35.5. The van der Waals surface area contributed by atoms with Gasteiger partial charge in [-0.25, -0.2) is 12.4 Å². The van der Waals surface area contributed by atoms with Crippen LogP contribution in [0.4, 0.5) is 30.2 Å². The van der Waals surface area contributed by atoms with E-state index in [0.29, 0.717) is 29.2 Å². The minimum atomic E-state index is -4.82. The third kappa shape index (κ3) is 5.39. The molecule has 1 atom stereocenters. The molecule has 1 fully saturated rings. The highest BCUT2D eigenvalue weighted by Crippen LogP contribution is 2.42. The smallest absolute Gasteiger partial charge is 0.417 e. The van der Waals surface area contributed by atoms with Crippen LogP contribution >= 0.6 is 11.6 Å². The fourth-order valence-electron chi connectivity index (χ4n) is 5.28. The normalized spacial score (nSPS) is 18.2. The number of aliphatic imine (C=N–C) groups is 1. The molecule has 0 saturated carbocycles. The number of alkyl halides is 3. The minimum Gasteiger partial charge on any atom is -0.494 e. The lowest BCUT2D eigenvalue weighted by molar-refractivity contribution is -0.137. The van der Waals surface area contributed by atoms with Crippen LogP contribution in [0.1, 0.15) is 24.1 Å². The Hall–Kier alpha value is -3.26. The third-order valence-corrected chi connectivity index (χ3v) is 9.54. The largest absolute Gasteiger partial charge is 0.494 e. The number of hydrogen-bond acceptors (Lipinski definition) is 8. The maximum absolute atomic E-state index is 13.5. The fourth-order valence-corrected chi connectivity index (χ4v) is 6.86. The molecule has 0 aliphatic carbocycles. The van der Waals surface area contributed by atoms with Gasteiger partial charge < -0.3 is 19.4 Å². The van der Waals surface area contributed by atoms with Crippen molar-refractivity contribution in [1.29, 1.82) is 0 Å². The van der Waals surface area contributed by atoms with Crippen LogP contribution in [0.3, 0.4) is 0 Å². The third-order valence-electron chi connectivity index (χ3n) is 7.52. The monoisotopic (exact) mass is 610 g/mol. The van der Waals surface area contributed by atoms with Crippen LogP contribution in [-0.2, 0) is 16.2 Å². The van der Waals surface area contributed by atoms with Crippen molar-refractivity contribution in [2.45, 2.75) is 36.2 Å². The lowest BCUT2D eigenvalue weighted by Crippen LogP contribution is -2.42. The first-order valence-corrected chi connectivity index (χ1v) is 14.7. The topological polar surface area (TPSA) is 96.4 Å². The molecule has 5 rings (SSSR count). The summed E-state index contributed by atoms with van der Waals surface area (Å²) in [7, 11) is 1.26. The second-order valence-electron chi connectivity index (χ2n) is 10.1. The van der Waals surface area contributed by atoms with E-state index in [1.54, 1.807) is 4.90 Å². The van der Waals surface area contributed by atoms with Crippen molar-refractivity contribution in [2.75, 3.05) is 44.1 Å². The van der Waals surface area contributed by atoms with Gasteiger partial charge in [-0.1, -0.05) is 11.6 Å². The van der Waals surface area contributed by atoms with Gasteiger partial charge in [0.25, 0.3) is 10.0 Å². The summed E-state index contributed by atoms with van der Waals surface area (Å²) < 4.78 is 73.9. The number of ether oxygens (including phenoxy) is 1. The van der Waals surface area contributed by atoms with Crippen LogP contribution in [0.25, 0.3) is 0 Å². The van der Waals surface area contributed by atoms with Gasteiger partial charge >= 0.3 is 6.18 Å². The van der Waals surface area contributed by atoms with E-state index >= 15 is 0 Å². The second kappa shape index (κ2) is 10.9. The number of benzene rings is 2. The average Bonchev–Trinajstić information content (AvgIpc) is 3.37. The Balaban J connectivity index is 1.50. The second-order valence-corrected chi connectivity index (χ2v) is 12.3. The number of aromatic nitrogens is 1. The van der Waals surface area contributed by atoms with Crippen molar-refractivity contribution in [3.8, 4) is 5.75 Å². The predicted molar refractivity (Wildman–Crippen MR) is 153 cm³/mol. The van der Waals surface area contributed by atoms with Crippen LogP contribution in [0.2, 0.25) is 5.02 Å². The standard InChI is InChI=1S/C27H30ClF3N6O3S/c1-34(2)17-8-11-35(12-9-17)18-4-7-23(25(14-18)40-3)37-22-10-13-36(24(22)16-33-26(37)32)41(38,39)19-5-6-21(28)20(15-19)27(29,30)31/h4-7,10,13-17,26H,8-9,11-12,32H2,1-3H3. The minimum absolute atomic E-state index is 0.132. The molecule has 9 nitrogen and oxygen atoms in total. The molecule has 0 amide bonds. The molecule has 3 aromatic rings. The maximum Gasteiger partial charge on any atom is 0.417 e. The molecule has 0 bridgehead atoms. The summed E-state index contributed by atoms with van der Waals surface area (Å²) in [4.78, 5) is 9.87. The summed E-state index contributed by atoms with van der Waals surface area (Å²) >= 11 is 5.70. The van der Waals surface area contributed by atoms with Crippen molar-refractivity contribution in [2.24, 2.45) is 10.7 Å². The first kappa shape index (κ1) is 29.2. The van der Waals surface area contributed by atoms with E-state index in [4.69, 9.17) is 22.1 Å². The predicted octanol–water partition coefficient (Wildman–Crippen LogP) is 4.75. The molecule has 2 aliphatic heterocycles. The Morgan fingerprint density at radius 2 is 1.78 bits per heavy atom. The molecule has 1 unspecified atom stereocenters. The van der Waals surface area contributed by atoms with Crippen LogP contribution < -0.4 is 20.3 Å². The van der Waals surface area contributed by atoms with E-state index < -0.39 is 38.0 Å². The summed E-state index contributed by atoms with van der Waals surface area (Å²) in [5.41, 5.74) is 7.19. The SMILES string of the molecule is COc1cc(N2CCC(N(C)C)CC2)ccc1N1c2ccn(S(=O)(=O)c3ccc(Cl)c(C(F)(F)F)c3)c2C=NC1N. The number of anilines is 3. The van der Waals surface area contributed by atoms with Crippen molar-refractivity contribution < 1.29 is 26.3 Å². The van der Waals surface area contributed by atoms with Crippen LogP contribution in [0.5, 0.6) is 5.75 Å². The van der Waals surface area contributed by atoms with Gasteiger partial charge in [-0.05, 0) is 63.3 Å². The molecular formula is C27H30ClF3N6O3S. The van der Waals surface area contributed by atoms with Gasteiger partial charge in [-0.2, -0.15) is 13.2 Å². The number of rotatable bonds is 6. The molecule has 0 radical (unpaired) electrons. The lowest BCUT2D eigenvalue weighted by atomic mass is 10.0. The summed E-state index contributed by atoms with van der Waals surface area (Å²) in [5, 5.41) is -0.595. The molecule has 1 saturated heterocycles. The number of fused-ring (bicyclic) bond motifs is 1. The lowest BCUT2D eigenvalue weighted by Gasteiger charge is -2.37. The first-order chi connectivity index (χ1) is 19.3. The van der Waals surface area contributed by atoms with Crippen molar-refractivity contribution in [1.82, 2.24) is 8.87 Å². The number of piperidine rings is 1. The molecule has 14 heteroatoms. The zero-order valence-electron chi connectivity index (χ0n) is 22.6. The Labute approximate surface area is 241 Å². The Bertz CT molecular complexity index is 1580. The summed E-state index contributed by atoms with van der Waals surface area (Å²) in [6.45, 7) is 1.79. The van der Waals surface area contributed by atoms with Gasteiger partial charge in [-0.3, -0.25) is 10.7 Å². The fraction of sp³-hybridized carbons (Fsp3) is 0.370. The van der Waals surface area contributed by atoms with E-state index in [1.807, 2.05) is 18.2 Å².